The molecule has 1 aliphatic carbocycles. The molecule has 1 saturated carbocycles. The molecule has 7 nitrogen and oxygen atoms in total. The van der Waals surface area contributed by atoms with Gasteiger partial charge in [0.2, 0.25) is 0 Å². The van der Waals surface area contributed by atoms with Crippen LogP contribution in [-0.2, 0) is 9.84 Å². The average Bonchev–Trinajstić information content (AvgIpc) is 2.62. The summed E-state index contributed by atoms with van der Waals surface area (Å²) >= 11 is 0. The normalized spacial score (nSPS) is 20.3. The van der Waals surface area contributed by atoms with Gasteiger partial charge in [0.05, 0.1) is 9.82 Å². The van der Waals surface area contributed by atoms with Crippen LogP contribution in [0, 0.1) is 16.0 Å². The van der Waals surface area contributed by atoms with Gasteiger partial charge in [-0.05, 0) is 30.9 Å². The van der Waals surface area contributed by atoms with Crippen molar-refractivity contribution in [2.45, 2.75) is 37.0 Å². The van der Waals surface area contributed by atoms with Crippen LogP contribution in [-0.4, -0.2) is 57.2 Å². The predicted octanol–water partition coefficient (Wildman–Crippen LogP) is 2.70. The highest BCUT2D eigenvalue weighted by Crippen LogP contribution is 2.32. The first-order chi connectivity index (χ1) is 12.3. The van der Waals surface area contributed by atoms with Gasteiger partial charge in [0.1, 0.15) is 5.69 Å². The molecular weight excluding hydrogens is 354 g/mol. The summed E-state index contributed by atoms with van der Waals surface area (Å²) in [6.07, 6.45) is 7.73. The molecule has 0 N–H and O–H groups in total. The second kappa shape index (κ2) is 7.92. The summed E-state index contributed by atoms with van der Waals surface area (Å²) in [5.41, 5.74) is 0.383. The molecule has 0 bridgehead atoms. The lowest BCUT2D eigenvalue weighted by Gasteiger charge is -2.38. The van der Waals surface area contributed by atoms with Crippen LogP contribution in [0.15, 0.2) is 23.1 Å². The van der Waals surface area contributed by atoms with Gasteiger partial charge < -0.3 is 4.90 Å². The number of hydrogen-bond acceptors (Lipinski definition) is 6. The molecule has 0 unspecified atom stereocenters. The van der Waals surface area contributed by atoms with Crippen LogP contribution in [0.5, 0.6) is 0 Å². The van der Waals surface area contributed by atoms with Crippen molar-refractivity contribution in [3.05, 3.63) is 28.3 Å². The van der Waals surface area contributed by atoms with Crippen LogP contribution in [0.4, 0.5) is 11.4 Å². The summed E-state index contributed by atoms with van der Waals surface area (Å²) in [7, 11) is -3.46. The Kier molecular flexibility index (Phi) is 5.82. The van der Waals surface area contributed by atoms with Gasteiger partial charge in [-0.15, -0.1) is 0 Å². The van der Waals surface area contributed by atoms with E-state index >= 15 is 0 Å². The van der Waals surface area contributed by atoms with Crippen molar-refractivity contribution in [3.63, 3.8) is 0 Å². The minimum atomic E-state index is -3.46. The standard InChI is InChI=1S/C18H27N3O4S/c1-26(24,25)16-7-8-17(18(13-16)21(22)23)20-11-9-19(10-12-20)14-15-5-3-2-4-6-15/h7-8,13,15H,2-6,9-12,14H2,1H3. The fraction of sp³-hybridized carbons (Fsp3) is 0.667. The van der Waals surface area contributed by atoms with Crippen LogP contribution in [0.3, 0.4) is 0 Å². The first-order valence-electron chi connectivity index (χ1n) is 9.30. The number of rotatable bonds is 5. The molecule has 1 aromatic rings. The number of piperazine rings is 1. The lowest BCUT2D eigenvalue weighted by molar-refractivity contribution is -0.384. The number of hydrogen-bond donors (Lipinski definition) is 0. The van der Waals surface area contributed by atoms with Gasteiger partial charge >= 0.3 is 0 Å². The zero-order valence-corrected chi connectivity index (χ0v) is 16.1. The molecule has 26 heavy (non-hydrogen) atoms. The minimum absolute atomic E-state index is 0.0103. The highest BCUT2D eigenvalue weighted by Gasteiger charge is 2.26. The van der Waals surface area contributed by atoms with Crippen LogP contribution in [0.2, 0.25) is 0 Å². The molecule has 0 radical (unpaired) electrons. The van der Waals surface area contributed by atoms with Gasteiger partial charge in [-0.25, -0.2) is 8.42 Å². The van der Waals surface area contributed by atoms with E-state index in [1.165, 1.54) is 44.2 Å². The summed E-state index contributed by atoms with van der Waals surface area (Å²) in [6.45, 7) is 4.36. The Morgan fingerprint density at radius 3 is 2.35 bits per heavy atom. The minimum Gasteiger partial charge on any atom is -0.363 e. The number of nitro benzene ring substituents is 1. The molecule has 144 valence electrons. The number of benzene rings is 1. The molecule has 2 fully saturated rings. The largest absolute Gasteiger partial charge is 0.363 e. The van der Waals surface area contributed by atoms with Crippen molar-refractivity contribution in [3.8, 4) is 0 Å². The van der Waals surface area contributed by atoms with E-state index in [0.29, 0.717) is 5.69 Å². The van der Waals surface area contributed by atoms with Crippen LogP contribution >= 0.6 is 0 Å². The van der Waals surface area contributed by atoms with Crippen molar-refractivity contribution in [1.29, 1.82) is 0 Å². The highest BCUT2D eigenvalue weighted by atomic mass is 32.2. The third-order valence-corrected chi connectivity index (χ3v) is 6.64. The lowest BCUT2D eigenvalue weighted by Crippen LogP contribution is -2.48. The predicted molar refractivity (Wildman–Crippen MR) is 101 cm³/mol. The first-order valence-corrected chi connectivity index (χ1v) is 11.2. The second-order valence-electron chi connectivity index (χ2n) is 7.47. The molecule has 8 heteroatoms. The third-order valence-electron chi connectivity index (χ3n) is 5.53. The molecule has 0 aromatic heterocycles. The Morgan fingerprint density at radius 2 is 1.77 bits per heavy atom. The van der Waals surface area contributed by atoms with E-state index in [0.717, 1.165) is 44.9 Å². The fourth-order valence-electron chi connectivity index (χ4n) is 4.05. The number of sulfone groups is 1. The Bertz CT molecular complexity index is 752. The molecular formula is C18H27N3O4S. The van der Waals surface area contributed by atoms with Gasteiger partial charge in [-0.2, -0.15) is 0 Å². The average molecular weight is 381 g/mol. The third kappa shape index (κ3) is 4.54. The van der Waals surface area contributed by atoms with Gasteiger partial charge in [0.15, 0.2) is 9.84 Å². The molecule has 0 spiro atoms. The Balaban J connectivity index is 1.67. The van der Waals surface area contributed by atoms with E-state index < -0.39 is 14.8 Å². The van der Waals surface area contributed by atoms with Crippen molar-refractivity contribution >= 4 is 21.2 Å². The maximum atomic E-state index is 11.7. The maximum Gasteiger partial charge on any atom is 0.293 e. The number of anilines is 1. The van der Waals surface area contributed by atoms with Gasteiger partial charge in [-0.1, -0.05) is 19.3 Å². The monoisotopic (exact) mass is 381 g/mol. The van der Waals surface area contributed by atoms with E-state index in [-0.39, 0.29) is 10.6 Å². The van der Waals surface area contributed by atoms with E-state index in [1.807, 2.05) is 4.90 Å². The van der Waals surface area contributed by atoms with Gasteiger partial charge in [0, 0.05) is 45.0 Å². The van der Waals surface area contributed by atoms with Crippen molar-refractivity contribution in [2.75, 3.05) is 43.9 Å². The molecule has 1 heterocycles. The fourth-order valence-corrected chi connectivity index (χ4v) is 4.69. The molecule has 1 aliphatic heterocycles. The van der Waals surface area contributed by atoms with E-state index in [1.54, 1.807) is 6.07 Å². The Labute approximate surface area is 155 Å². The summed E-state index contributed by atoms with van der Waals surface area (Å²) in [4.78, 5) is 15.4. The molecule has 1 aromatic carbocycles. The topological polar surface area (TPSA) is 83.8 Å². The number of nitro groups is 1. The van der Waals surface area contributed by atoms with Crippen LogP contribution < -0.4 is 4.90 Å². The van der Waals surface area contributed by atoms with Gasteiger partial charge in [-0.3, -0.25) is 15.0 Å². The summed E-state index contributed by atoms with van der Waals surface area (Å²) < 4.78 is 23.4. The van der Waals surface area contributed by atoms with E-state index in [2.05, 4.69) is 4.90 Å². The van der Waals surface area contributed by atoms with Crippen molar-refractivity contribution in [1.82, 2.24) is 4.90 Å². The quantitative estimate of drug-likeness (QED) is 0.576. The smallest absolute Gasteiger partial charge is 0.293 e. The van der Waals surface area contributed by atoms with Crippen molar-refractivity contribution in [2.24, 2.45) is 5.92 Å². The van der Waals surface area contributed by atoms with Crippen LogP contribution in [0.1, 0.15) is 32.1 Å². The molecule has 3 rings (SSSR count). The molecule has 1 saturated heterocycles. The summed E-state index contributed by atoms with van der Waals surface area (Å²) in [5.74, 6) is 0.790. The molecule has 0 atom stereocenters. The first kappa shape index (κ1) is 19.1. The Hall–Kier alpha value is -1.67. The molecule has 0 amide bonds. The zero-order valence-electron chi connectivity index (χ0n) is 15.3. The number of nitrogens with zero attached hydrogens (tertiary/aromatic N) is 3. The Morgan fingerprint density at radius 1 is 1.12 bits per heavy atom. The van der Waals surface area contributed by atoms with Crippen molar-refractivity contribution < 1.29 is 13.3 Å². The summed E-state index contributed by atoms with van der Waals surface area (Å²) in [6, 6.07) is 4.22. The zero-order chi connectivity index (χ0) is 18.7. The molecule has 2 aliphatic rings. The van der Waals surface area contributed by atoms with Gasteiger partial charge in [0.25, 0.3) is 5.69 Å². The SMILES string of the molecule is CS(=O)(=O)c1ccc(N2CCN(CC3CCCCC3)CC2)c([N+](=O)[O-])c1. The van der Waals surface area contributed by atoms with E-state index in [4.69, 9.17) is 0 Å². The lowest BCUT2D eigenvalue weighted by atomic mass is 9.89. The highest BCUT2D eigenvalue weighted by molar-refractivity contribution is 7.90. The second-order valence-corrected chi connectivity index (χ2v) is 9.49. The maximum absolute atomic E-state index is 11.7. The van der Waals surface area contributed by atoms with E-state index in [9.17, 15) is 18.5 Å². The summed E-state index contributed by atoms with van der Waals surface area (Å²) in [5, 5.41) is 11.4. The van der Waals surface area contributed by atoms with Crippen LogP contribution in [0.25, 0.3) is 0 Å².